The summed E-state index contributed by atoms with van der Waals surface area (Å²) >= 11 is 0. The van der Waals surface area contributed by atoms with Gasteiger partial charge in [-0.2, -0.15) is 4.98 Å². The number of hydrogen-bond acceptors (Lipinski definition) is 9. The third-order valence-corrected chi connectivity index (χ3v) is 6.63. The molecule has 4 N–H and O–H groups in total. The van der Waals surface area contributed by atoms with Crippen LogP contribution in [0.3, 0.4) is 0 Å². The van der Waals surface area contributed by atoms with Crippen molar-refractivity contribution in [2.75, 3.05) is 25.7 Å². The zero-order chi connectivity index (χ0) is 27.8. The lowest BCUT2D eigenvalue weighted by Gasteiger charge is -2.15. The highest BCUT2D eigenvalue weighted by Crippen LogP contribution is 2.38. The van der Waals surface area contributed by atoms with Gasteiger partial charge in [-0.25, -0.2) is 9.37 Å². The van der Waals surface area contributed by atoms with Crippen molar-refractivity contribution in [1.82, 2.24) is 14.5 Å². The van der Waals surface area contributed by atoms with Gasteiger partial charge in [-0.1, -0.05) is 12.2 Å². The summed E-state index contributed by atoms with van der Waals surface area (Å²) in [6, 6.07) is 6.30. The molecule has 11 heteroatoms. The van der Waals surface area contributed by atoms with Gasteiger partial charge >= 0.3 is 0 Å². The van der Waals surface area contributed by atoms with Gasteiger partial charge in [0, 0.05) is 46.9 Å². The Morgan fingerprint density at radius 3 is 2.54 bits per heavy atom. The number of carbonyl (C=O) groups excluding carboxylic acids is 1. The first kappa shape index (κ1) is 25.7. The molecule has 200 valence electrons. The summed E-state index contributed by atoms with van der Waals surface area (Å²) in [5.41, 5.74) is 13.1. The molecule has 0 bridgehead atoms. The molecule has 0 unspecified atom stereocenters. The first-order chi connectivity index (χ1) is 18.7. The number of benzene rings is 2. The van der Waals surface area contributed by atoms with Gasteiger partial charge in [0.25, 0.3) is 0 Å². The Hall–Kier alpha value is -4.93. The van der Waals surface area contributed by atoms with Crippen LogP contribution < -0.4 is 31.5 Å². The van der Waals surface area contributed by atoms with E-state index in [9.17, 15) is 14.7 Å². The molecule has 1 aliphatic rings. The third kappa shape index (κ3) is 4.98. The smallest absolute Gasteiger partial charge is 0.221 e. The van der Waals surface area contributed by atoms with Crippen LogP contribution in [0, 0.1) is 5.82 Å². The molecule has 2 aromatic heterocycles. The van der Waals surface area contributed by atoms with E-state index in [1.165, 1.54) is 20.4 Å². The van der Waals surface area contributed by atoms with Gasteiger partial charge in [-0.05, 0) is 42.7 Å². The fourth-order valence-electron chi connectivity index (χ4n) is 4.56. The van der Waals surface area contributed by atoms with Crippen LogP contribution in [-0.2, 0) is 6.42 Å². The van der Waals surface area contributed by atoms with Crippen LogP contribution in [0.2, 0.25) is 0 Å². The van der Waals surface area contributed by atoms with Gasteiger partial charge in [0.2, 0.25) is 5.95 Å². The number of pyridine rings is 1. The summed E-state index contributed by atoms with van der Waals surface area (Å²) < 4.78 is 28.0. The zero-order valence-corrected chi connectivity index (χ0v) is 21.2. The standard InChI is InChI=1S/C28H26FN5O5/c1-38-23-9-14(8-17-12-32-28(31)33-26(17)30)7-16(25(23)39-2)4-3-15-10-22-19(11-21(15)29)24(35)20(27(36)37)13-34(22)18-5-6-18/h3-4,7,9-13,18H,5-6,8H2,1-2H3,(H,36,37)(H4,30,31,32,33)/p-1/b4-3+. The predicted molar refractivity (Wildman–Crippen MR) is 143 cm³/mol. The molecule has 0 amide bonds. The third-order valence-electron chi connectivity index (χ3n) is 6.63. The van der Waals surface area contributed by atoms with Crippen molar-refractivity contribution in [1.29, 1.82) is 0 Å². The van der Waals surface area contributed by atoms with Crippen molar-refractivity contribution in [3.63, 3.8) is 0 Å². The van der Waals surface area contributed by atoms with Crippen LogP contribution in [0.15, 0.2) is 41.5 Å². The predicted octanol–water partition coefficient (Wildman–Crippen LogP) is 2.57. The number of hydrogen-bond donors (Lipinski definition) is 2. The first-order valence-electron chi connectivity index (χ1n) is 12.1. The molecule has 10 nitrogen and oxygen atoms in total. The Labute approximate surface area is 222 Å². The van der Waals surface area contributed by atoms with E-state index in [-0.39, 0.29) is 28.8 Å². The van der Waals surface area contributed by atoms with Crippen LogP contribution in [-0.4, -0.2) is 34.7 Å². The van der Waals surface area contributed by atoms with Crippen LogP contribution in [0.25, 0.3) is 23.1 Å². The summed E-state index contributed by atoms with van der Waals surface area (Å²) in [4.78, 5) is 32.2. The molecule has 0 radical (unpaired) electrons. The average Bonchev–Trinajstić information content (AvgIpc) is 3.74. The summed E-state index contributed by atoms with van der Waals surface area (Å²) in [5.74, 6) is -1.03. The van der Waals surface area contributed by atoms with Gasteiger partial charge in [-0.15, -0.1) is 0 Å². The highest BCUT2D eigenvalue weighted by atomic mass is 19.1. The Balaban J connectivity index is 1.59. The summed E-state index contributed by atoms with van der Waals surface area (Å²) in [6.45, 7) is 0. The molecule has 0 atom stereocenters. The lowest BCUT2D eigenvalue weighted by molar-refractivity contribution is -0.255. The molecule has 5 rings (SSSR count). The highest BCUT2D eigenvalue weighted by Gasteiger charge is 2.26. The van der Waals surface area contributed by atoms with Gasteiger partial charge in [-0.3, -0.25) is 4.79 Å². The average molecular weight is 531 g/mol. The second-order valence-corrected chi connectivity index (χ2v) is 9.26. The molecular weight excluding hydrogens is 505 g/mol. The summed E-state index contributed by atoms with van der Waals surface area (Å²) in [7, 11) is 3.01. The molecule has 0 saturated heterocycles. The van der Waals surface area contributed by atoms with Crippen LogP contribution in [0.1, 0.15) is 51.5 Å². The minimum atomic E-state index is -1.59. The number of aromatic carboxylic acids is 1. The molecule has 2 aromatic carbocycles. The number of ether oxygens (including phenoxy) is 2. The fraction of sp³-hybridized carbons (Fsp3) is 0.214. The van der Waals surface area contributed by atoms with Crippen molar-refractivity contribution < 1.29 is 23.8 Å². The molecule has 2 heterocycles. The number of nitrogens with two attached hydrogens (primary N) is 2. The number of anilines is 2. The molecular formula is C28H25FN5O5-. The minimum absolute atomic E-state index is 0.0113. The lowest BCUT2D eigenvalue weighted by Crippen LogP contribution is -2.30. The zero-order valence-electron chi connectivity index (χ0n) is 21.2. The SMILES string of the molecule is COc1cc(Cc2cnc(N)nc2N)cc(/C=C/c2cc3c(cc2F)c(=O)c(C(=O)[O-])cn3C2CC2)c1OC. The lowest BCUT2D eigenvalue weighted by atomic mass is 10.0. The first-order valence-corrected chi connectivity index (χ1v) is 12.1. The summed E-state index contributed by atoms with van der Waals surface area (Å²) in [5, 5.41) is 11.5. The Morgan fingerprint density at radius 1 is 1.15 bits per heavy atom. The Morgan fingerprint density at radius 2 is 1.90 bits per heavy atom. The quantitative estimate of drug-likeness (QED) is 0.327. The maximum atomic E-state index is 15.2. The molecule has 1 aliphatic carbocycles. The van der Waals surface area contributed by atoms with Crippen molar-refractivity contribution >= 4 is 40.8 Å². The topological polar surface area (TPSA) is 158 Å². The van der Waals surface area contributed by atoms with Crippen molar-refractivity contribution in [2.24, 2.45) is 0 Å². The molecule has 4 aromatic rings. The number of aromatic nitrogens is 3. The number of nitrogen functional groups attached to an aromatic ring is 2. The summed E-state index contributed by atoms with van der Waals surface area (Å²) in [6.07, 6.45) is 8.12. The van der Waals surface area contributed by atoms with Crippen molar-refractivity contribution in [3.8, 4) is 11.5 Å². The maximum absolute atomic E-state index is 15.2. The molecule has 1 saturated carbocycles. The van der Waals surface area contributed by atoms with Crippen LogP contribution >= 0.6 is 0 Å². The molecule has 0 spiro atoms. The van der Waals surface area contributed by atoms with Gasteiger partial charge < -0.3 is 35.4 Å². The van der Waals surface area contributed by atoms with E-state index in [0.717, 1.165) is 24.5 Å². The molecule has 39 heavy (non-hydrogen) atoms. The monoisotopic (exact) mass is 530 g/mol. The number of fused-ring (bicyclic) bond motifs is 1. The van der Waals surface area contributed by atoms with Gasteiger partial charge in [0.05, 0.1) is 31.3 Å². The van der Waals surface area contributed by atoms with Gasteiger partial charge in [0.15, 0.2) is 16.9 Å². The van der Waals surface area contributed by atoms with E-state index >= 15 is 4.39 Å². The Kier molecular flexibility index (Phi) is 6.65. The van der Waals surface area contributed by atoms with Crippen LogP contribution in [0.4, 0.5) is 16.2 Å². The van der Waals surface area contributed by atoms with Crippen LogP contribution in [0.5, 0.6) is 11.5 Å². The van der Waals surface area contributed by atoms with E-state index in [1.54, 1.807) is 35.0 Å². The number of halogens is 1. The largest absolute Gasteiger partial charge is 0.545 e. The fourth-order valence-corrected chi connectivity index (χ4v) is 4.56. The number of rotatable bonds is 8. The maximum Gasteiger partial charge on any atom is 0.221 e. The van der Waals surface area contributed by atoms with Crippen molar-refractivity contribution in [2.45, 2.75) is 25.3 Å². The number of carbonyl (C=O) groups is 1. The normalized spacial score (nSPS) is 13.2. The van der Waals surface area contributed by atoms with E-state index in [1.807, 2.05) is 6.07 Å². The van der Waals surface area contributed by atoms with Gasteiger partial charge in [0.1, 0.15) is 11.6 Å². The number of methoxy groups -OCH3 is 2. The van der Waals surface area contributed by atoms with E-state index in [4.69, 9.17) is 20.9 Å². The number of nitrogens with zero attached hydrogens (tertiary/aromatic N) is 3. The molecule has 1 fully saturated rings. The van der Waals surface area contributed by atoms with E-state index < -0.39 is 22.8 Å². The Bertz CT molecular complexity index is 1710. The number of carboxylic acids is 1. The number of carboxylic acid groups (broad SMARTS) is 1. The van der Waals surface area contributed by atoms with E-state index in [2.05, 4.69) is 9.97 Å². The minimum Gasteiger partial charge on any atom is -0.545 e. The second kappa shape index (κ2) is 10.1. The highest BCUT2D eigenvalue weighted by molar-refractivity contribution is 5.92. The van der Waals surface area contributed by atoms with Crippen molar-refractivity contribution in [3.05, 3.63) is 80.5 Å². The molecule has 0 aliphatic heterocycles. The second-order valence-electron chi connectivity index (χ2n) is 9.26. The van der Waals surface area contributed by atoms with E-state index in [0.29, 0.717) is 34.6 Å².